The molecule has 6 nitrogen and oxygen atoms in total. The van der Waals surface area contributed by atoms with Crippen molar-refractivity contribution in [1.82, 2.24) is 19.9 Å². The Morgan fingerprint density at radius 2 is 2.15 bits per heavy atom. The van der Waals surface area contributed by atoms with Crippen molar-refractivity contribution in [2.75, 3.05) is 6.54 Å². The molecule has 2 N–H and O–H groups in total. The van der Waals surface area contributed by atoms with Crippen LogP contribution >= 0.6 is 0 Å². The number of aryl methyl sites for hydroxylation is 1. The van der Waals surface area contributed by atoms with Crippen LogP contribution < -0.4 is 5.32 Å². The molecule has 0 aliphatic heterocycles. The number of amides is 1. The second kappa shape index (κ2) is 6.72. The maximum atomic E-state index is 12.5. The first-order valence-corrected chi connectivity index (χ1v) is 8.69. The van der Waals surface area contributed by atoms with Gasteiger partial charge in [0.1, 0.15) is 17.7 Å². The summed E-state index contributed by atoms with van der Waals surface area (Å²) in [4.78, 5) is 20.7. The second-order valence-electron chi connectivity index (χ2n) is 6.60. The van der Waals surface area contributed by atoms with E-state index in [9.17, 15) is 9.90 Å². The van der Waals surface area contributed by atoms with Crippen molar-refractivity contribution < 1.29 is 9.90 Å². The number of nitrogens with zero attached hydrogens (tertiary/aromatic N) is 3. The summed E-state index contributed by atoms with van der Waals surface area (Å²) < 4.78 is 1.77. The van der Waals surface area contributed by atoms with Crippen LogP contribution in [0.1, 0.15) is 34.3 Å². The van der Waals surface area contributed by atoms with Crippen molar-refractivity contribution in [3.8, 4) is 5.82 Å². The highest BCUT2D eigenvalue weighted by Gasteiger charge is 2.34. The standard InChI is InChI=1S/C20H20N4O2/c25-19(16-7-8-18(22-12-16)24-11-10-21-14-24)23-13-20(26)9-3-5-15-4-1-2-6-17(15)20/h1-2,4,6-8,10-12,14,26H,3,5,9,13H2,(H,23,25). The zero-order valence-electron chi connectivity index (χ0n) is 14.3. The van der Waals surface area contributed by atoms with E-state index in [1.807, 2.05) is 24.3 Å². The van der Waals surface area contributed by atoms with Crippen LogP contribution in [0.3, 0.4) is 0 Å². The molecule has 0 saturated heterocycles. The molecule has 1 aromatic carbocycles. The van der Waals surface area contributed by atoms with Crippen LogP contribution in [0, 0.1) is 0 Å². The van der Waals surface area contributed by atoms with Gasteiger partial charge in [0, 0.05) is 18.6 Å². The summed E-state index contributed by atoms with van der Waals surface area (Å²) in [7, 11) is 0. The topological polar surface area (TPSA) is 80.0 Å². The zero-order valence-corrected chi connectivity index (χ0v) is 14.3. The van der Waals surface area contributed by atoms with Crippen molar-refractivity contribution in [1.29, 1.82) is 0 Å². The average molecular weight is 348 g/mol. The minimum Gasteiger partial charge on any atom is -0.383 e. The predicted octanol–water partition coefficient (Wildman–Crippen LogP) is 2.22. The molecule has 1 aliphatic carbocycles. The number of hydrogen-bond acceptors (Lipinski definition) is 4. The molecular weight excluding hydrogens is 328 g/mol. The fourth-order valence-electron chi connectivity index (χ4n) is 3.48. The van der Waals surface area contributed by atoms with E-state index in [1.165, 1.54) is 6.20 Å². The monoisotopic (exact) mass is 348 g/mol. The summed E-state index contributed by atoms with van der Waals surface area (Å²) in [5.41, 5.74) is 1.51. The Balaban J connectivity index is 1.46. The van der Waals surface area contributed by atoms with Gasteiger partial charge >= 0.3 is 0 Å². The highest BCUT2D eigenvalue weighted by Crippen LogP contribution is 2.34. The maximum Gasteiger partial charge on any atom is 0.252 e. The Labute approximate surface area is 151 Å². The van der Waals surface area contributed by atoms with Crippen molar-refractivity contribution in [2.45, 2.75) is 24.9 Å². The van der Waals surface area contributed by atoms with E-state index in [4.69, 9.17) is 0 Å². The number of carbonyl (C=O) groups is 1. The number of rotatable bonds is 4. The molecular formula is C20H20N4O2. The van der Waals surface area contributed by atoms with Crippen LogP contribution in [0.5, 0.6) is 0 Å². The fourth-order valence-corrected chi connectivity index (χ4v) is 3.48. The van der Waals surface area contributed by atoms with Gasteiger partial charge in [-0.3, -0.25) is 9.36 Å². The third-order valence-electron chi connectivity index (χ3n) is 4.88. The van der Waals surface area contributed by atoms with Crippen molar-refractivity contribution in [3.05, 3.63) is 78.0 Å². The van der Waals surface area contributed by atoms with Crippen LogP contribution in [-0.4, -0.2) is 32.1 Å². The van der Waals surface area contributed by atoms with Gasteiger partial charge in [-0.15, -0.1) is 0 Å². The average Bonchev–Trinajstić information content (AvgIpc) is 3.22. The van der Waals surface area contributed by atoms with E-state index in [0.29, 0.717) is 17.8 Å². The molecule has 3 aromatic rings. The van der Waals surface area contributed by atoms with Crippen LogP contribution in [0.25, 0.3) is 5.82 Å². The second-order valence-corrected chi connectivity index (χ2v) is 6.60. The van der Waals surface area contributed by atoms with Gasteiger partial charge in [0.05, 0.1) is 12.1 Å². The Morgan fingerprint density at radius 3 is 2.92 bits per heavy atom. The molecule has 1 aliphatic rings. The maximum absolute atomic E-state index is 12.5. The van der Waals surface area contributed by atoms with Gasteiger partial charge in [-0.05, 0) is 42.5 Å². The SMILES string of the molecule is O=C(NCC1(O)CCCc2ccccc21)c1ccc(-n2ccnc2)nc1. The van der Waals surface area contributed by atoms with E-state index in [0.717, 1.165) is 24.0 Å². The molecule has 1 amide bonds. The van der Waals surface area contributed by atoms with Crippen molar-refractivity contribution >= 4 is 5.91 Å². The summed E-state index contributed by atoms with van der Waals surface area (Å²) >= 11 is 0. The quantitative estimate of drug-likeness (QED) is 0.758. The lowest BCUT2D eigenvalue weighted by molar-refractivity contribution is 0.0189. The van der Waals surface area contributed by atoms with Gasteiger partial charge in [-0.2, -0.15) is 0 Å². The summed E-state index contributed by atoms with van der Waals surface area (Å²) in [6, 6.07) is 11.4. The van der Waals surface area contributed by atoms with Gasteiger partial charge in [0.2, 0.25) is 0 Å². The van der Waals surface area contributed by atoms with Crippen molar-refractivity contribution in [2.24, 2.45) is 0 Å². The number of fused-ring (bicyclic) bond motifs is 1. The normalized spacial score (nSPS) is 19.0. The number of carbonyl (C=O) groups excluding carboxylic acids is 1. The molecule has 26 heavy (non-hydrogen) atoms. The smallest absolute Gasteiger partial charge is 0.252 e. The molecule has 1 unspecified atom stereocenters. The number of aromatic nitrogens is 3. The lowest BCUT2D eigenvalue weighted by Gasteiger charge is -2.34. The Bertz CT molecular complexity index is 906. The number of pyridine rings is 1. The Kier molecular flexibility index (Phi) is 4.26. The lowest BCUT2D eigenvalue weighted by Crippen LogP contribution is -2.43. The largest absolute Gasteiger partial charge is 0.383 e. The number of aliphatic hydroxyl groups is 1. The van der Waals surface area contributed by atoms with Gasteiger partial charge in [-0.1, -0.05) is 24.3 Å². The van der Waals surface area contributed by atoms with E-state index in [-0.39, 0.29) is 12.5 Å². The number of benzene rings is 1. The van der Waals surface area contributed by atoms with E-state index >= 15 is 0 Å². The van der Waals surface area contributed by atoms with Gasteiger partial charge in [0.15, 0.2) is 0 Å². The zero-order chi connectivity index (χ0) is 18.0. The highest BCUT2D eigenvalue weighted by molar-refractivity contribution is 5.94. The van der Waals surface area contributed by atoms with Gasteiger partial charge in [0.25, 0.3) is 5.91 Å². The van der Waals surface area contributed by atoms with Crippen LogP contribution in [0.15, 0.2) is 61.3 Å². The lowest BCUT2D eigenvalue weighted by atomic mass is 9.79. The molecule has 0 saturated carbocycles. The number of imidazole rings is 1. The molecule has 0 bridgehead atoms. The third kappa shape index (κ3) is 3.11. The molecule has 132 valence electrons. The number of nitrogens with one attached hydrogen (secondary N) is 1. The molecule has 0 fully saturated rings. The highest BCUT2D eigenvalue weighted by atomic mass is 16.3. The Morgan fingerprint density at radius 1 is 1.27 bits per heavy atom. The first kappa shape index (κ1) is 16.5. The molecule has 6 heteroatoms. The fraction of sp³-hybridized carbons (Fsp3) is 0.250. The van der Waals surface area contributed by atoms with E-state index in [2.05, 4.69) is 15.3 Å². The molecule has 0 radical (unpaired) electrons. The van der Waals surface area contributed by atoms with Crippen LogP contribution in [0.2, 0.25) is 0 Å². The summed E-state index contributed by atoms with van der Waals surface area (Å²) in [6.07, 6.45) is 9.16. The molecule has 4 rings (SSSR count). The summed E-state index contributed by atoms with van der Waals surface area (Å²) in [5.74, 6) is 0.449. The van der Waals surface area contributed by atoms with Crippen LogP contribution in [0.4, 0.5) is 0 Å². The first-order valence-electron chi connectivity index (χ1n) is 8.69. The third-order valence-corrected chi connectivity index (χ3v) is 4.88. The van der Waals surface area contributed by atoms with Crippen molar-refractivity contribution in [3.63, 3.8) is 0 Å². The Hall–Kier alpha value is -2.99. The van der Waals surface area contributed by atoms with Crippen LogP contribution in [-0.2, 0) is 12.0 Å². The van der Waals surface area contributed by atoms with Gasteiger partial charge in [-0.25, -0.2) is 9.97 Å². The number of hydrogen-bond donors (Lipinski definition) is 2. The molecule has 0 spiro atoms. The first-order chi connectivity index (χ1) is 12.7. The van der Waals surface area contributed by atoms with E-state index in [1.54, 1.807) is 35.4 Å². The minimum atomic E-state index is -1.02. The molecule has 2 heterocycles. The van der Waals surface area contributed by atoms with E-state index < -0.39 is 5.60 Å². The molecule has 1 atom stereocenters. The minimum absolute atomic E-state index is 0.187. The van der Waals surface area contributed by atoms with Gasteiger partial charge < -0.3 is 10.4 Å². The summed E-state index contributed by atoms with van der Waals surface area (Å²) in [6.45, 7) is 0.187. The molecule has 2 aromatic heterocycles. The predicted molar refractivity (Wildman–Crippen MR) is 97.0 cm³/mol. The summed E-state index contributed by atoms with van der Waals surface area (Å²) in [5, 5.41) is 13.9.